The van der Waals surface area contributed by atoms with Crippen LogP contribution in [0.4, 0.5) is 0 Å². The molecule has 2 rings (SSSR count). The van der Waals surface area contributed by atoms with Crippen molar-refractivity contribution in [1.82, 2.24) is 14.9 Å². The highest BCUT2D eigenvalue weighted by molar-refractivity contribution is 5.06. The molecule has 1 aromatic rings. The summed E-state index contributed by atoms with van der Waals surface area (Å²) in [6, 6.07) is 1.98. The largest absolute Gasteiger partial charge is 0.468 e. The normalized spacial score (nSPS) is 19.8. The Hall–Kier alpha value is -1.36. The zero-order valence-corrected chi connectivity index (χ0v) is 11.1. The van der Waals surface area contributed by atoms with Crippen molar-refractivity contribution in [3.05, 3.63) is 22.1 Å². The molecule has 0 aromatic carbocycles. The molecule has 0 saturated carbocycles. The Kier molecular flexibility index (Phi) is 4.36. The molecule has 18 heavy (non-hydrogen) atoms. The van der Waals surface area contributed by atoms with Gasteiger partial charge in [-0.25, -0.2) is 4.98 Å². The maximum Gasteiger partial charge on any atom is 0.299 e. The van der Waals surface area contributed by atoms with Crippen molar-refractivity contribution in [2.75, 3.05) is 20.2 Å². The Bertz CT molecular complexity index is 450. The van der Waals surface area contributed by atoms with E-state index in [2.05, 4.69) is 10.3 Å². The van der Waals surface area contributed by atoms with Gasteiger partial charge in [0.25, 0.3) is 11.6 Å². The molecule has 1 atom stereocenters. The van der Waals surface area contributed by atoms with Gasteiger partial charge in [0.1, 0.15) is 0 Å². The van der Waals surface area contributed by atoms with Gasteiger partial charge in [-0.15, -0.1) is 0 Å². The molecule has 0 aliphatic carbocycles. The van der Waals surface area contributed by atoms with Gasteiger partial charge in [-0.05, 0) is 45.2 Å². The molecule has 1 aromatic heterocycles. The van der Waals surface area contributed by atoms with Gasteiger partial charge in [-0.3, -0.25) is 9.36 Å². The molecular formula is C13H21N3O2. The number of aryl methyl sites for hydroxylation is 1. The first kappa shape index (κ1) is 13.1. The van der Waals surface area contributed by atoms with Crippen molar-refractivity contribution in [3.8, 4) is 6.01 Å². The second kappa shape index (κ2) is 6.00. The van der Waals surface area contributed by atoms with E-state index in [1.165, 1.54) is 12.8 Å². The summed E-state index contributed by atoms with van der Waals surface area (Å²) < 4.78 is 6.81. The molecule has 0 bridgehead atoms. The lowest BCUT2D eigenvalue weighted by molar-refractivity contribution is 0.309. The highest BCUT2D eigenvalue weighted by Crippen LogP contribution is 2.16. The van der Waals surface area contributed by atoms with Gasteiger partial charge in [0, 0.05) is 18.3 Å². The molecule has 0 spiro atoms. The number of nitrogens with one attached hydrogen (secondary N) is 1. The summed E-state index contributed by atoms with van der Waals surface area (Å²) >= 11 is 0. The summed E-state index contributed by atoms with van der Waals surface area (Å²) in [6.45, 7) is 4.66. The van der Waals surface area contributed by atoms with E-state index >= 15 is 0 Å². The van der Waals surface area contributed by atoms with Crippen LogP contribution in [0.2, 0.25) is 0 Å². The van der Waals surface area contributed by atoms with E-state index in [4.69, 9.17) is 4.74 Å². The van der Waals surface area contributed by atoms with Gasteiger partial charge in [-0.2, -0.15) is 0 Å². The van der Waals surface area contributed by atoms with Crippen molar-refractivity contribution in [3.63, 3.8) is 0 Å². The third-order valence-corrected chi connectivity index (χ3v) is 3.44. The number of hydrogen-bond acceptors (Lipinski definition) is 4. The van der Waals surface area contributed by atoms with Crippen molar-refractivity contribution in [1.29, 1.82) is 0 Å². The Morgan fingerprint density at radius 1 is 1.61 bits per heavy atom. The number of hydrogen-bond donors (Lipinski definition) is 1. The van der Waals surface area contributed by atoms with Gasteiger partial charge >= 0.3 is 0 Å². The first-order chi connectivity index (χ1) is 8.70. The second-order valence-corrected chi connectivity index (χ2v) is 4.88. The first-order valence-corrected chi connectivity index (χ1v) is 6.54. The van der Waals surface area contributed by atoms with Crippen molar-refractivity contribution >= 4 is 0 Å². The topological polar surface area (TPSA) is 56.1 Å². The molecule has 1 unspecified atom stereocenters. The lowest BCUT2D eigenvalue weighted by Gasteiger charge is -2.23. The minimum atomic E-state index is -0.0249. The molecule has 1 saturated heterocycles. The fraction of sp³-hybridized carbons (Fsp3) is 0.692. The molecule has 5 nitrogen and oxygen atoms in total. The fourth-order valence-electron chi connectivity index (χ4n) is 2.44. The quantitative estimate of drug-likeness (QED) is 0.865. The van der Waals surface area contributed by atoms with Gasteiger partial charge in [-0.1, -0.05) is 0 Å². The molecule has 5 heteroatoms. The molecule has 0 radical (unpaired) electrons. The minimum Gasteiger partial charge on any atom is -0.468 e. The zero-order chi connectivity index (χ0) is 13.0. The van der Waals surface area contributed by atoms with E-state index in [-0.39, 0.29) is 5.56 Å². The van der Waals surface area contributed by atoms with Crippen LogP contribution < -0.4 is 15.6 Å². The zero-order valence-electron chi connectivity index (χ0n) is 11.1. The number of methoxy groups -OCH3 is 1. The maximum atomic E-state index is 11.9. The maximum absolute atomic E-state index is 11.9. The average Bonchev–Trinajstić information content (AvgIpc) is 2.38. The Labute approximate surface area is 107 Å². The monoisotopic (exact) mass is 251 g/mol. The number of ether oxygens (including phenoxy) is 1. The van der Waals surface area contributed by atoms with E-state index < -0.39 is 0 Å². The van der Waals surface area contributed by atoms with E-state index in [0.29, 0.717) is 24.2 Å². The Morgan fingerprint density at radius 3 is 3.11 bits per heavy atom. The van der Waals surface area contributed by atoms with Crippen LogP contribution in [0, 0.1) is 12.8 Å². The first-order valence-electron chi connectivity index (χ1n) is 6.54. The molecule has 1 fully saturated rings. The highest BCUT2D eigenvalue weighted by Gasteiger charge is 2.14. The smallest absolute Gasteiger partial charge is 0.299 e. The Morgan fingerprint density at radius 2 is 2.44 bits per heavy atom. The lowest BCUT2D eigenvalue weighted by atomic mass is 9.96. The van der Waals surface area contributed by atoms with Crippen LogP contribution in [-0.4, -0.2) is 29.8 Å². The van der Waals surface area contributed by atoms with E-state index in [1.807, 2.05) is 0 Å². The van der Waals surface area contributed by atoms with Crippen molar-refractivity contribution < 1.29 is 4.74 Å². The third-order valence-electron chi connectivity index (χ3n) is 3.44. The van der Waals surface area contributed by atoms with Gasteiger partial charge < -0.3 is 10.1 Å². The van der Waals surface area contributed by atoms with Crippen molar-refractivity contribution in [2.24, 2.45) is 5.92 Å². The van der Waals surface area contributed by atoms with E-state index in [0.717, 1.165) is 19.5 Å². The third kappa shape index (κ3) is 3.10. The molecule has 2 heterocycles. The molecule has 1 aliphatic rings. The molecule has 1 N–H and O–H groups in total. The van der Waals surface area contributed by atoms with Crippen LogP contribution in [0.15, 0.2) is 10.9 Å². The Balaban J connectivity index is 2.06. The van der Waals surface area contributed by atoms with Crippen LogP contribution in [0.5, 0.6) is 6.01 Å². The summed E-state index contributed by atoms with van der Waals surface area (Å²) in [5.74, 6) is 0.650. The van der Waals surface area contributed by atoms with Crippen LogP contribution >= 0.6 is 0 Å². The summed E-state index contributed by atoms with van der Waals surface area (Å²) in [5.41, 5.74) is 0.676. The van der Waals surface area contributed by atoms with Gasteiger partial charge in [0.15, 0.2) is 0 Å². The van der Waals surface area contributed by atoms with Crippen LogP contribution in [-0.2, 0) is 6.54 Å². The standard InChI is InChI=1S/C13H21N3O2/c1-10-8-12(17)16(13(15-10)18-2)7-5-11-4-3-6-14-9-11/h8,11,14H,3-7,9H2,1-2H3. The fourth-order valence-corrected chi connectivity index (χ4v) is 2.44. The number of nitrogens with zero attached hydrogens (tertiary/aromatic N) is 2. The summed E-state index contributed by atoms with van der Waals surface area (Å²) in [4.78, 5) is 16.2. The average molecular weight is 251 g/mol. The summed E-state index contributed by atoms with van der Waals surface area (Å²) in [5, 5.41) is 3.39. The molecule has 0 amide bonds. The molecular weight excluding hydrogens is 230 g/mol. The number of rotatable bonds is 4. The summed E-state index contributed by atoms with van der Waals surface area (Å²) in [7, 11) is 1.56. The minimum absolute atomic E-state index is 0.0249. The van der Waals surface area contributed by atoms with Gasteiger partial charge in [0.05, 0.1) is 7.11 Å². The summed E-state index contributed by atoms with van der Waals surface area (Å²) in [6.07, 6.45) is 3.46. The second-order valence-electron chi connectivity index (χ2n) is 4.88. The number of aromatic nitrogens is 2. The predicted octanol–water partition coefficient (Wildman–Crippen LogP) is 0.950. The molecule has 100 valence electrons. The lowest BCUT2D eigenvalue weighted by Crippen LogP contribution is -2.31. The predicted molar refractivity (Wildman–Crippen MR) is 70.0 cm³/mol. The SMILES string of the molecule is COc1nc(C)cc(=O)n1CCC1CCCNC1. The van der Waals surface area contributed by atoms with Crippen LogP contribution in [0.1, 0.15) is 25.0 Å². The van der Waals surface area contributed by atoms with E-state index in [9.17, 15) is 4.79 Å². The molecule has 1 aliphatic heterocycles. The van der Waals surface area contributed by atoms with Crippen LogP contribution in [0.25, 0.3) is 0 Å². The van der Waals surface area contributed by atoms with Gasteiger partial charge in [0.2, 0.25) is 0 Å². The number of piperidine rings is 1. The van der Waals surface area contributed by atoms with Crippen LogP contribution in [0.3, 0.4) is 0 Å². The van der Waals surface area contributed by atoms with Crippen molar-refractivity contribution in [2.45, 2.75) is 32.7 Å². The highest BCUT2D eigenvalue weighted by atomic mass is 16.5. The van der Waals surface area contributed by atoms with E-state index in [1.54, 1.807) is 24.7 Å².